The number of carboxylic acids is 2. The second kappa shape index (κ2) is 13.9. The van der Waals surface area contributed by atoms with Crippen LogP contribution in [-0.2, 0) is 9.59 Å². The van der Waals surface area contributed by atoms with Crippen LogP contribution in [0.25, 0.3) is 0 Å². The summed E-state index contributed by atoms with van der Waals surface area (Å²) in [6.07, 6.45) is -4.99. The van der Waals surface area contributed by atoms with Crippen molar-refractivity contribution >= 4 is 39.4 Å². The van der Waals surface area contributed by atoms with Crippen LogP contribution in [0.15, 0.2) is 24.3 Å². The molecule has 0 spiro atoms. The average Bonchev–Trinajstić information content (AvgIpc) is 2.59. The molecular weight excluding hydrogens is 449 g/mol. The normalized spacial score (nSPS) is 10.7. The summed E-state index contributed by atoms with van der Waals surface area (Å²) < 4.78 is 60.1. The topological polar surface area (TPSA) is 113 Å². The van der Waals surface area contributed by atoms with Gasteiger partial charge >= 0.3 is 24.7 Å². The maximum atomic E-state index is 12.1. The minimum Gasteiger partial charge on any atom is -0.481 e. The Morgan fingerprint density at radius 2 is 1.69 bits per heavy atom. The lowest BCUT2D eigenvalue weighted by molar-refractivity contribution is -0.192. The molecule has 0 bridgehead atoms. The van der Waals surface area contributed by atoms with Gasteiger partial charge in [-0.1, -0.05) is 27.7 Å². The van der Waals surface area contributed by atoms with Crippen LogP contribution in [0.1, 0.15) is 16.8 Å². The second-order valence-electron chi connectivity index (χ2n) is 4.75. The highest BCUT2D eigenvalue weighted by Crippen LogP contribution is 2.21. The van der Waals surface area contributed by atoms with Crippen molar-refractivity contribution < 1.29 is 51.3 Å². The molecule has 0 aliphatic heterocycles. The van der Waals surface area contributed by atoms with E-state index in [1.54, 1.807) is 0 Å². The molecule has 1 rings (SSSR count). The molecule has 29 heavy (non-hydrogen) atoms. The lowest BCUT2D eigenvalue weighted by Crippen LogP contribution is -2.25. The summed E-state index contributed by atoms with van der Waals surface area (Å²) in [5, 5.41) is 18.2. The van der Waals surface area contributed by atoms with Crippen molar-refractivity contribution in [2.24, 2.45) is 0 Å². The Labute approximate surface area is 169 Å². The van der Waals surface area contributed by atoms with Crippen molar-refractivity contribution in [1.82, 2.24) is 5.32 Å². The van der Waals surface area contributed by atoms with Gasteiger partial charge in [-0.05, 0) is 18.2 Å². The zero-order valence-electron chi connectivity index (χ0n) is 14.4. The Kier molecular flexibility index (Phi) is 12.8. The first kappa shape index (κ1) is 26.8. The Hall–Kier alpha value is -2.22. The number of rotatable bonds is 10. The van der Waals surface area contributed by atoms with E-state index < -0.39 is 24.7 Å². The zero-order valence-corrected chi connectivity index (χ0v) is 16.1. The van der Waals surface area contributed by atoms with Gasteiger partial charge in [0.25, 0.3) is 5.91 Å². The monoisotopic (exact) mass is 465 g/mol. The summed E-state index contributed by atoms with van der Waals surface area (Å²) in [6, 6.07) is 5.56. The number of carbonyl (C=O) groups excluding carboxylic acids is 1. The SMILES string of the molecule is O=C(O)C(F)(F)F.O=C(O)CCSSCCNC(=O)c1cccc(OC(F)F)c1. The van der Waals surface area contributed by atoms with Crippen molar-refractivity contribution in [3.63, 3.8) is 0 Å². The lowest BCUT2D eigenvalue weighted by Gasteiger charge is -2.07. The van der Waals surface area contributed by atoms with Crippen LogP contribution in [-0.4, -0.2) is 58.9 Å². The quantitative estimate of drug-likeness (QED) is 0.273. The Morgan fingerprint density at radius 1 is 1.10 bits per heavy atom. The molecule has 7 nitrogen and oxygen atoms in total. The van der Waals surface area contributed by atoms with Gasteiger partial charge in [0.1, 0.15) is 5.75 Å². The lowest BCUT2D eigenvalue weighted by atomic mass is 10.2. The molecule has 14 heteroatoms. The fourth-order valence-electron chi connectivity index (χ4n) is 1.37. The molecule has 0 saturated heterocycles. The summed E-state index contributed by atoms with van der Waals surface area (Å²) in [6.45, 7) is -2.54. The predicted octanol–water partition coefficient (Wildman–Crippen LogP) is 3.51. The first-order valence-corrected chi connectivity index (χ1v) is 10.0. The first-order valence-electron chi connectivity index (χ1n) is 7.53. The van der Waals surface area contributed by atoms with Crippen LogP contribution in [0.3, 0.4) is 0 Å². The summed E-state index contributed by atoms with van der Waals surface area (Å²) in [7, 11) is 2.88. The van der Waals surface area contributed by atoms with Crippen LogP contribution < -0.4 is 10.1 Å². The summed E-state index contributed by atoms with van der Waals surface area (Å²) in [4.78, 5) is 31.0. The van der Waals surface area contributed by atoms with Crippen LogP contribution >= 0.6 is 21.6 Å². The number of hydrogen-bond acceptors (Lipinski definition) is 6. The number of carboxylic acid groups (broad SMARTS) is 2. The van der Waals surface area contributed by atoms with Crippen molar-refractivity contribution in [2.75, 3.05) is 18.1 Å². The van der Waals surface area contributed by atoms with Gasteiger partial charge in [0.2, 0.25) is 0 Å². The van der Waals surface area contributed by atoms with Crippen molar-refractivity contribution in [3.8, 4) is 5.75 Å². The number of alkyl halides is 5. The Balaban J connectivity index is 0.000000956. The summed E-state index contributed by atoms with van der Waals surface area (Å²) in [5.41, 5.74) is 0.238. The van der Waals surface area contributed by atoms with E-state index in [1.165, 1.54) is 45.9 Å². The number of halogens is 5. The van der Waals surface area contributed by atoms with E-state index in [2.05, 4.69) is 10.1 Å². The molecule has 0 aliphatic carbocycles. The molecule has 0 radical (unpaired) electrons. The number of nitrogens with one attached hydrogen (secondary N) is 1. The van der Waals surface area contributed by atoms with Gasteiger partial charge in [-0.15, -0.1) is 0 Å². The number of ether oxygens (including phenoxy) is 1. The van der Waals surface area contributed by atoms with Gasteiger partial charge < -0.3 is 20.3 Å². The van der Waals surface area contributed by atoms with E-state index in [4.69, 9.17) is 15.0 Å². The fourth-order valence-corrected chi connectivity index (χ4v) is 3.25. The van der Waals surface area contributed by atoms with E-state index in [9.17, 15) is 31.5 Å². The molecule has 1 amide bonds. The number of aliphatic carboxylic acids is 2. The van der Waals surface area contributed by atoms with Crippen molar-refractivity contribution in [1.29, 1.82) is 0 Å². The van der Waals surface area contributed by atoms with E-state index in [0.29, 0.717) is 18.1 Å². The third-order valence-corrected chi connectivity index (χ3v) is 4.93. The van der Waals surface area contributed by atoms with Gasteiger partial charge in [0.05, 0.1) is 6.42 Å². The first-order chi connectivity index (χ1) is 13.4. The number of carbonyl (C=O) groups is 3. The van der Waals surface area contributed by atoms with Crippen LogP contribution in [0, 0.1) is 0 Å². The number of amides is 1. The highest BCUT2D eigenvalue weighted by atomic mass is 33.1. The molecular formula is C15H16F5NO6S2. The molecule has 0 saturated carbocycles. The zero-order chi connectivity index (χ0) is 22.4. The molecule has 0 unspecified atom stereocenters. The van der Waals surface area contributed by atoms with E-state index in [1.807, 2.05) is 0 Å². The molecule has 0 heterocycles. The fraction of sp³-hybridized carbons (Fsp3) is 0.400. The Bertz CT molecular complexity index is 675. The second-order valence-corrected chi connectivity index (χ2v) is 7.45. The standard InChI is InChI=1S/C13H15F2NO4S2.C2HF3O2/c14-13(15)20-10-3-1-2-9(8-10)12(19)16-5-7-22-21-6-4-11(17)18;3-2(4,5)1(6)7/h1-3,8,13H,4-7H2,(H,16,19)(H,17,18);(H,6,7). The van der Waals surface area contributed by atoms with E-state index in [0.717, 1.165) is 0 Å². The van der Waals surface area contributed by atoms with Crippen molar-refractivity contribution in [3.05, 3.63) is 29.8 Å². The van der Waals surface area contributed by atoms with Gasteiger partial charge in [-0.25, -0.2) is 4.79 Å². The minimum absolute atomic E-state index is 0.0683. The minimum atomic E-state index is -5.08. The molecule has 0 aliphatic rings. The largest absolute Gasteiger partial charge is 0.490 e. The van der Waals surface area contributed by atoms with Gasteiger partial charge in [0, 0.05) is 23.6 Å². The maximum Gasteiger partial charge on any atom is 0.490 e. The van der Waals surface area contributed by atoms with Gasteiger partial charge in [-0.2, -0.15) is 22.0 Å². The average molecular weight is 465 g/mol. The molecule has 1 aromatic carbocycles. The van der Waals surface area contributed by atoms with Gasteiger partial charge in [0.15, 0.2) is 0 Å². The highest BCUT2D eigenvalue weighted by Gasteiger charge is 2.38. The number of benzene rings is 1. The van der Waals surface area contributed by atoms with Crippen LogP contribution in [0.5, 0.6) is 5.75 Å². The molecule has 0 fully saturated rings. The molecule has 0 aromatic heterocycles. The highest BCUT2D eigenvalue weighted by molar-refractivity contribution is 8.76. The smallest absolute Gasteiger partial charge is 0.481 e. The maximum absolute atomic E-state index is 12.1. The van der Waals surface area contributed by atoms with Crippen molar-refractivity contribution in [2.45, 2.75) is 19.2 Å². The van der Waals surface area contributed by atoms with Crippen LogP contribution in [0.4, 0.5) is 22.0 Å². The Morgan fingerprint density at radius 3 is 2.21 bits per heavy atom. The van der Waals surface area contributed by atoms with E-state index >= 15 is 0 Å². The number of hydrogen-bond donors (Lipinski definition) is 3. The molecule has 3 N–H and O–H groups in total. The third kappa shape index (κ3) is 14.4. The molecule has 0 atom stereocenters. The third-order valence-electron chi connectivity index (χ3n) is 2.52. The van der Waals surface area contributed by atoms with E-state index in [-0.39, 0.29) is 23.6 Å². The summed E-state index contributed by atoms with van der Waals surface area (Å²) in [5.74, 6) is -2.93. The van der Waals surface area contributed by atoms with Gasteiger partial charge in [-0.3, -0.25) is 9.59 Å². The van der Waals surface area contributed by atoms with Crippen LogP contribution in [0.2, 0.25) is 0 Å². The molecule has 164 valence electrons. The molecule has 1 aromatic rings. The predicted molar refractivity (Wildman–Crippen MR) is 96.3 cm³/mol. The summed E-state index contributed by atoms with van der Waals surface area (Å²) >= 11 is 0.